The third kappa shape index (κ3) is 2.82. The van der Waals surface area contributed by atoms with Crippen molar-refractivity contribution >= 4 is 11.5 Å². The number of anilines is 2. The van der Waals surface area contributed by atoms with E-state index >= 15 is 0 Å². The van der Waals surface area contributed by atoms with Gasteiger partial charge >= 0.3 is 0 Å². The Bertz CT molecular complexity index is 368. The van der Waals surface area contributed by atoms with E-state index in [4.69, 9.17) is 16.1 Å². The molecule has 1 unspecified atom stereocenters. The zero-order chi connectivity index (χ0) is 11.3. The van der Waals surface area contributed by atoms with Crippen LogP contribution in [0.15, 0.2) is 12.3 Å². The van der Waals surface area contributed by atoms with Crippen LogP contribution < -0.4 is 11.1 Å². The lowest BCUT2D eigenvalue weighted by molar-refractivity contribution is 0.271. The van der Waals surface area contributed by atoms with Gasteiger partial charge in [0.1, 0.15) is 11.9 Å². The molecule has 0 radical (unpaired) electrons. The second-order valence-electron chi connectivity index (χ2n) is 3.21. The predicted molar refractivity (Wildman–Crippen MR) is 58.2 cm³/mol. The van der Waals surface area contributed by atoms with Crippen LogP contribution in [-0.2, 0) is 0 Å². The van der Waals surface area contributed by atoms with Gasteiger partial charge in [-0.3, -0.25) is 0 Å². The number of aromatic nitrogens is 1. The van der Waals surface area contributed by atoms with Crippen molar-refractivity contribution in [1.29, 1.82) is 5.26 Å². The molecule has 5 nitrogen and oxygen atoms in total. The van der Waals surface area contributed by atoms with Crippen molar-refractivity contribution in [2.24, 2.45) is 0 Å². The molecular formula is C10H14N4O. The molecule has 1 heterocycles. The van der Waals surface area contributed by atoms with Crippen molar-refractivity contribution < 1.29 is 5.11 Å². The highest BCUT2D eigenvalue weighted by molar-refractivity contribution is 5.57. The molecule has 0 amide bonds. The Hall–Kier alpha value is -1.80. The molecule has 1 aromatic heterocycles. The lowest BCUT2D eigenvalue weighted by Gasteiger charge is -2.15. The number of nitrogens with two attached hydrogens (primary N) is 1. The highest BCUT2D eigenvalue weighted by Crippen LogP contribution is 2.15. The van der Waals surface area contributed by atoms with E-state index < -0.39 is 0 Å². The fourth-order valence-corrected chi connectivity index (χ4v) is 1.15. The molecule has 0 aromatic carbocycles. The van der Waals surface area contributed by atoms with E-state index in [0.717, 1.165) is 6.42 Å². The maximum atomic E-state index is 9.01. The maximum Gasteiger partial charge on any atom is 0.144 e. The van der Waals surface area contributed by atoms with E-state index in [2.05, 4.69) is 10.3 Å². The van der Waals surface area contributed by atoms with E-state index in [1.165, 1.54) is 6.20 Å². The predicted octanol–water partition coefficient (Wildman–Crippen LogP) is 0.718. The Morgan fingerprint density at radius 3 is 3.00 bits per heavy atom. The lowest BCUT2D eigenvalue weighted by atomic mass is 10.2. The third-order valence-corrected chi connectivity index (χ3v) is 2.08. The summed E-state index contributed by atoms with van der Waals surface area (Å²) in [6, 6.07) is 3.47. The Morgan fingerprint density at radius 1 is 1.73 bits per heavy atom. The van der Waals surface area contributed by atoms with E-state index in [1.54, 1.807) is 6.07 Å². The van der Waals surface area contributed by atoms with Crippen molar-refractivity contribution in [2.75, 3.05) is 17.7 Å². The van der Waals surface area contributed by atoms with Gasteiger partial charge in [0.05, 0.1) is 30.1 Å². The number of rotatable bonds is 4. The van der Waals surface area contributed by atoms with Crippen LogP contribution in [0.5, 0.6) is 0 Å². The van der Waals surface area contributed by atoms with Crippen LogP contribution in [0.2, 0.25) is 0 Å². The molecule has 0 aliphatic rings. The number of pyridine rings is 1. The first-order chi connectivity index (χ1) is 7.21. The summed E-state index contributed by atoms with van der Waals surface area (Å²) in [5, 5.41) is 20.8. The molecule has 0 saturated carbocycles. The average molecular weight is 206 g/mol. The second-order valence-corrected chi connectivity index (χ2v) is 3.21. The van der Waals surface area contributed by atoms with Gasteiger partial charge in [-0.05, 0) is 12.5 Å². The van der Waals surface area contributed by atoms with Crippen LogP contribution >= 0.6 is 0 Å². The van der Waals surface area contributed by atoms with E-state index in [1.807, 2.05) is 13.0 Å². The minimum Gasteiger partial charge on any atom is -0.397 e. The Kier molecular flexibility index (Phi) is 3.89. The van der Waals surface area contributed by atoms with E-state index in [0.29, 0.717) is 17.1 Å². The zero-order valence-electron chi connectivity index (χ0n) is 8.57. The molecule has 0 fully saturated rings. The van der Waals surface area contributed by atoms with Crippen LogP contribution in [0.1, 0.15) is 18.9 Å². The molecule has 5 heteroatoms. The summed E-state index contributed by atoms with van der Waals surface area (Å²) in [5.74, 6) is 0.465. The number of hydrogen-bond acceptors (Lipinski definition) is 5. The molecule has 0 spiro atoms. The van der Waals surface area contributed by atoms with Gasteiger partial charge in [0, 0.05) is 0 Å². The molecule has 0 aliphatic heterocycles. The summed E-state index contributed by atoms with van der Waals surface area (Å²) >= 11 is 0. The molecule has 0 saturated heterocycles. The first-order valence-corrected chi connectivity index (χ1v) is 4.74. The molecule has 0 bridgehead atoms. The quantitative estimate of drug-likeness (QED) is 0.674. The van der Waals surface area contributed by atoms with E-state index in [-0.39, 0.29) is 12.6 Å². The number of nitrogens with one attached hydrogen (secondary N) is 1. The minimum atomic E-state index is -0.0896. The van der Waals surface area contributed by atoms with Crippen LogP contribution in [0.4, 0.5) is 11.5 Å². The third-order valence-electron chi connectivity index (χ3n) is 2.08. The summed E-state index contributed by atoms with van der Waals surface area (Å²) in [4.78, 5) is 4.02. The van der Waals surface area contributed by atoms with Gasteiger partial charge < -0.3 is 16.2 Å². The van der Waals surface area contributed by atoms with Gasteiger partial charge in [-0.2, -0.15) is 5.26 Å². The highest BCUT2D eigenvalue weighted by atomic mass is 16.3. The van der Waals surface area contributed by atoms with E-state index in [9.17, 15) is 0 Å². The Balaban J connectivity index is 2.90. The molecule has 1 atom stereocenters. The zero-order valence-corrected chi connectivity index (χ0v) is 8.57. The Labute approximate surface area is 88.6 Å². The molecule has 0 aliphatic carbocycles. The summed E-state index contributed by atoms with van der Waals surface area (Å²) in [5.41, 5.74) is 6.35. The maximum absolute atomic E-state index is 9.01. The lowest BCUT2D eigenvalue weighted by Crippen LogP contribution is -2.23. The van der Waals surface area contributed by atoms with Gasteiger partial charge in [0.25, 0.3) is 0 Å². The first-order valence-electron chi connectivity index (χ1n) is 4.74. The van der Waals surface area contributed by atoms with Crippen molar-refractivity contribution in [3.05, 3.63) is 17.8 Å². The monoisotopic (exact) mass is 206 g/mol. The molecule has 15 heavy (non-hydrogen) atoms. The highest BCUT2D eigenvalue weighted by Gasteiger charge is 2.09. The van der Waals surface area contributed by atoms with Gasteiger partial charge in [0.2, 0.25) is 0 Å². The number of nitrogen functional groups attached to an aromatic ring is 1. The smallest absolute Gasteiger partial charge is 0.144 e. The van der Waals surface area contributed by atoms with Crippen LogP contribution in [0.3, 0.4) is 0 Å². The van der Waals surface area contributed by atoms with Crippen molar-refractivity contribution in [1.82, 2.24) is 4.98 Å². The number of nitrogens with zero attached hydrogens (tertiary/aromatic N) is 2. The summed E-state index contributed by atoms with van der Waals surface area (Å²) in [7, 11) is 0. The number of nitriles is 1. The van der Waals surface area contributed by atoms with Crippen molar-refractivity contribution in [3.63, 3.8) is 0 Å². The van der Waals surface area contributed by atoms with Crippen LogP contribution in [0.25, 0.3) is 0 Å². The summed E-state index contributed by atoms with van der Waals surface area (Å²) < 4.78 is 0. The summed E-state index contributed by atoms with van der Waals surface area (Å²) in [6.45, 7) is 1.95. The molecule has 1 aromatic rings. The minimum absolute atomic E-state index is 0.00737. The molecule has 80 valence electrons. The SMILES string of the molecule is CCC(CO)Nc1ncc(N)cc1C#N. The van der Waals surface area contributed by atoms with Gasteiger partial charge in [-0.15, -0.1) is 0 Å². The van der Waals surface area contributed by atoms with Crippen molar-refractivity contribution in [3.8, 4) is 6.07 Å². The second kappa shape index (κ2) is 5.17. The normalized spacial score (nSPS) is 11.8. The number of aliphatic hydroxyl groups excluding tert-OH is 1. The molecule has 4 N–H and O–H groups in total. The van der Waals surface area contributed by atoms with Crippen molar-refractivity contribution in [2.45, 2.75) is 19.4 Å². The topological polar surface area (TPSA) is 95.0 Å². The van der Waals surface area contributed by atoms with Gasteiger partial charge in [0.15, 0.2) is 0 Å². The largest absolute Gasteiger partial charge is 0.397 e. The van der Waals surface area contributed by atoms with Gasteiger partial charge in [-0.1, -0.05) is 6.92 Å². The van der Waals surface area contributed by atoms with Crippen LogP contribution in [0, 0.1) is 11.3 Å². The van der Waals surface area contributed by atoms with Crippen LogP contribution in [-0.4, -0.2) is 22.7 Å². The Morgan fingerprint density at radius 2 is 2.47 bits per heavy atom. The average Bonchev–Trinajstić information content (AvgIpc) is 2.27. The fraction of sp³-hybridized carbons (Fsp3) is 0.400. The first kappa shape index (κ1) is 11.3. The fourth-order valence-electron chi connectivity index (χ4n) is 1.15. The number of aliphatic hydroxyl groups is 1. The van der Waals surface area contributed by atoms with Gasteiger partial charge in [-0.25, -0.2) is 4.98 Å². The standard InChI is InChI=1S/C10H14N4O/c1-2-9(6-15)14-10-7(4-11)3-8(12)5-13-10/h3,5,9,15H,2,6,12H2,1H3,(H,13,14). The molecule has 1 rings (SSSR count). The molecular weight excluding hydrogens is 192 g/mol. The number of hydrogen-bond donors (Lipinski definition) is 3. The summed E-state index contributed by atoms with van der Waals surface area (Å²) in [6.07, 6.45) is 2.24.